The Labute approximate surface area is 124 Å². The average Bonchev–Trinajstić information content (AvgIpc) is 2.39. The third kappa shape index (κ3) is 9.92. The van der Waals surface area contributed by atoms with Gasteiger partial charge in [0, 0.05) is 25.2 Å². The number of rotatable bonds is 10. The minimum Gasteiger partial charge on any atom is -1.00 e. The van der Waals surface area contributed by atoms with Crippen molar-refractivity contribution in [3.05, 3.63) is 30.1 Å². The van der Waals surface area contributed by atoms with Crippen LogP contribution in [0.5, 0.6) is 0 Å². The minimum atomic E-state index is 0. The Kier molecular flexibility index (Phi) is 12.0. The first-order chi connectivity index (χ1) is 8.83. The van der Waals surface area contributed by atoms with E-state index < -0.39 is 0 Å². The molecule has 1 rings (SSSR count). The molecule has 0 bridgehead atoms. The first kappa shape index (κ1) is 18.4. The van der Waals surface area contributed by atoms with E-state index in [-0.39, 0.29) is 12.4 Å². The third-order valence-electron chi connectivity index (χ3n) is 3.38. The van der Waals surface area contributed by atoms with E-state index in [4.69, 9.17) is 5.11 Å². The van der Waals surface area contributed by atoms with E-state index >= 15 is 0 Å². The quantitative estimate of drug-likeness (QED) is 0.488. The van der Waals surface area contributed by atoms with Crippen LogP contribution in [0.1, 0.15) is 56.9 Å². The number of unbranched alkanes of at least 4 members (excludes halogenated alkanes) is 7. The molecule has 3 heteroatoms. The Balaban J connectivity index is 0.00000324. The van der Waals surface area contributed by atoms with Gasteiger partial charge in [-0.05, 0) is 25.3 Å². The van der Waals surface area contributed by atoms with Crippen LogP contribution < -0.4 is 17.0 Å². The molecule has 110 valence electrons. The monoisotopic (exact) mass is 285 g/mol. The van der Waals surface area contributed by atoms with Gasteiger partial charge in [0.1, 0.15) is 6.54 Å². The van der Waals surface area contributed by atoms with Crippen molar-refractivity contribution in [3.8, 4) is 0 Å². The molecule has 19 heavy (non-hydrogen) atoms. The summed E-state index contributed by atoms with van der Waals surface area (Å²) in [5.41, 5.74) is 1.33. The molecule has 0 aliphatic rings. The van der Waals surface area contributed by atoms with Crippen molar-refractivity contribution in [2.24, 2.45) is 0 Å². The zero-order valence-electron chi connectivity index (χ0n) is 12.2. The predicted molar refractivity (Wildman–Crippen MR) is 75.4 cm³/mol. The lowest BCUT2D eigenvalue weighted by Gasteiger charge is -2.01. The molecule has 0 amide bonds. The fourth-order valence-electron chi connectivity index (χ4n) is 2.15. The van der Waals surface area contributed by atoms with E-state index in [9.17, 15) is 0 Å². The lowest BCUT2D eigenvalue weighted by Crippen LogP contribution is -3.00. The van der Waals surface area contributed by atoms with Crippen LogP contribution >= 0.6 is 0 Å². The van der Waals surface area contributed by atoms with E-state index in [1.807, 2.05) is 0 Å². The lowest BCUT2D eigenvalue weighted by molar-refractivity contribution is -0.697. The SMILES string of the molecule is Cc1cc[n+](CCCCCCCCCCO)cc1.[Cl-]. The first-order valence-electron chi connectivity index (χ1n) is 7.39. The molecule has 0 aromatic carbocycles. The van der Waals surface area contributed by atoms with Gasteiger partial charge in [0.2, 0.25) is 0 Å². The van der Waals surface area contributed by atoms with Crippen molar-refractivity contribution in [2.75, 3.05) is 6.61 Å². The van der Waals surface area contributed by atoms with Crippen LogP contribution in [0.4, 0.5) is 0 Å². The maximum atomic E-state index is 8.66. The number of halogens is 1. The van der Waals surface area contributed by atoms with E-state index in [0.29, 0.717) is 6.61 Å². The van der Waals surface area contributed by atoms with Gasteiger partial charge in [0.25, 0.3) is 0 Å². The maximum absolute atomic E-state index is 8.66. The third-order valence-corrected chi connectivity index (χ3v) is 3.38. The number of pyridine rings is 1. The highest BCUT2D eigenvalue weighted by molar-refractivity contribution is 5.03. The van der Waals surface area contributed by atoms with Crippen molar-refractivity contribution in [3.63, 3.8) is 0 Å². The van der Waals surface area contributed by atoms with Gasteiger partial charge in [-0.15, -0.1) is 0 Å². The van der Waals surface area contributed by atoms with E-state index in [1.54, 1.807) is 0 Å². The van der Waals surface area contributed by atoms with Gasteiger partial charge in [-0.25, -0.2) is 4.57 Å². The second-order valence-electron chi connectivity index (χ2n) is 5.17. The molecule has 1 heterocycles. The molecule has 1 aromatic rings. The largest absolute Gasteiger partial charge is 1.00 e. The summed E-state index contributed by atoms with van der Waals surface area (Å²) >= 11 is 0. The van der Waals surface area contributed by atoms with Gasteiger partial charge in [0.05, 0.1) is 0 Å². The van der Waals surface area contributed by atoms with Gasteiger partial charge in [0.15, 0.2) is 12.4 Å². The number of nitrogens with zero attached hydrogens (tertiary/aromatic N) is 1. The molecule has 0 radical (unpaired) electrons. The van der Waals surface area contributed by atoms with Crippen molar-refractivity contribution >= 4 is 0 Å². The molecular weight excluding hydrogens is 258 g/mol. The fourth-order valence-corrected chi connectivity index (χ4v) is 2.15. The Morgan fingerprint density at radius 1 is 0.842 bits per heavy atom. The number of hydrogen-bond acceptors (Lipinski definition) is 1. The van der Waals surface area contributed by atoms with Crippen LogP contribution in [0.25, 0.3) is 0 Å². The summed E-state index contributed by atoms with van der Waals surface area (Å²) in [6.45, 7) is 3.62. The zero-order valence-corrected chi connectivity index (χ0v) is 12.9. The topological polar surface area (TPSA) is 24.1 Å². The van der Waals surface area contributed by atoms with Crippen LogP contribution in [0.15, 0.2) is 24.5 Å². The second kappa shape index (κ2) is 12.4. The molecule has 0 spiro atoms. The van der Waals surface area contributed by atoms with Gasteiger partial charge in [-0.3, -0.25) is 0 Å². The molecule has 0 saturated heterocycles. The lowest BCUT2D eigenvalue weighted by atomic mass is 10.1. The van der Waals surface area contributed by atoms with Crippen molar-refractivity contribution < 1.29 is 22.1 Å². The normalized spacial score (nSPS) is 10.2. The van der Waals surface area contributed by atoms with Gasteiger partial charge < -0.3 is 17.5 Å². The Bertz CT molecular complexity index is 300. The van der Waals surface area contributed by atoms with E-state index in [0.717, 1.165) is 13.0 Å². The van der Waals surface area contributed by atoms with Crippen molar-refractivity contribution in [2.45, 2.75) is 64.8 Å². The Hall–Kier alpha value is -0.600. The minimum absolute atomic E-state index is 0. The summed E-state index contributed by atoms with van der Waals surface area (Å²) in [5, 5.41) is 8.66. The number of aliphatic hydroxyl groups excluding tert-OH is 1. The molecule has 2 nitrogen and oxygen atoms in total. The second-order valence-corrected chi connectivity index (χ2v) is 5.17. The number of aromatic nitrogens is 1. The Morgan fingerprint density at radius 2 is 1.32 bits per heavy atom. The van der Waals surface area contributed by atoms with Crippen molar-refractivity contribution in [1.82, 2.24) is 0 Å². The summed E-state index contributed by atoms with van der Waals surface area (Å²) in [6.07, 6.45) is 14.4. The summed E-state index contributed by atoms with van der Waals surface area (Å²) in [4.78, 5) is 0. The summed E-state index contributed by atoms with van der Waals surface area (Å²) in [6, 6.07) is 4.34. The summed E-state index contributed by atoms with van der Waals surface area (Å²) < 4.78 is 2.27. The van der Waals surface area contributed by atoms with Crippen LogP contribution in [0, 0.1) is 6.92 Å². The number of hydrogen-bond donors (Lipinski definition) is 1. The van der Waals surface area contributed by atoms with Gasteiger partial charge in [-0.2, -0.15) is 0 Å². The summed E-state index contributed by atoms with van der Waals surface area (Å²) in [7, 11) is 0. The standard InChI is InChI=1S/C16H28NO.ClH/c1-16-10-13-17(14-11-16)12-8-6-4-2-3-5-7-9-15-18;/h10-11,13-14,18H,2-9,12,15H2,1H3;1H/q+1;/p-1. The molecule has 1 N–H and O–H groups in total. The molecule has 0 saturated carbocycles. The maximum Gasteiger partial charge on any atom is 0.169 e. The molecule has 0 aliphatic carbocycles. The molecule has 0 atom stereocenters. The van der Waals surface area contributed by atoms with E-state index in [1.165, 1.54) is 50.5 Å². The van der Waals surface area contributed by atoms with Crippen LogP contribution in [-0.4, -0.2) is 11.7 Å². The van der Waals surface area contributed by atoms with Crippen LogP contribution in [0.2, 0.25) is 0 Å². The Morgan fingerprint density at radius 3 is 1.84 bits per heavy atom. The number of aryl methyl sites for hydroxylation is 2. The molecular formula is C16H28ClNO. The van der Waals surface area contributed by atoms with E-state index in [2.05, 4.69) is 36.0 Å². The fraction of sp³-hybridized carbons (Fsp3) is 0.688. The summed E-state index contributed by atoms with van der Waals surface area (Å²) in [5.74, 6) is 0. The smallest absolute Gasteiger partial charge is 0.169 e. The molecule has 1 aromatic heterocycles. The van der Waals surface area contributed by atoms with Crippen molar-refractivity contribution in [1.29, 1.82) is 0 Å². The van der Waals surface area contributed by atoms with Crippen LogP contribution in [0.3, 0.4) is 0 Å². The highest BCUT2D eigenvalue weighted by Gasteiger charge is 1.99. The van der Waals surface area contributed by atoms with Gasteiger partial charge >= 0.3 is 0 Å². The average molecular weight is 286 g/mol. The molecule has 0 unspecified atom stereocenters. The highest BCUT2D eigenvalue weighted by Crippen LogP contribution is 2.08. The zero-order chi connectivity index (χ0) is 13.1. The highest BCUT2D eigenvalue weighted by atomic mass is 35.5. The van der Waals surface area contributed by atoms with Gasteiger partial charge in [-0.1, -0.05) is 32.1 Å². The predicted octanol–water partition coefficient (Wildman–Crippen LogP) is 0.400. The first-order valence-corrected chi connectivity index (χ1v) is 7.39. The molecule has 0 aliphatic heterocycles. The molecule has 0 fully saturated rings. The number of aliphatic hydroxyl groups is 1. The van der Waals surface area contributed by atoms with Crippen LogP contribution in [-0.2, 0) is 6.54 Å².